The summed E-state index contributed by atoms with van der Waals surface area (Å²) in [7, 11) is 0. The predicted molar refractivity (Wildman–Crippen MR) is 111 cm³/mol. The van der Waals surface area contributed by atoms with E-state index in [1.165, 1.54) is 5.56 Å². The molecule has 1 aliphatic rings. The van der Waals surface area contributed by atoms with Crippen molar-refractivity contribution in [3.05, 3.63) is 59.7 Å². The molecule has 2 aromatic carbocycles. The van der Waals surface area contributed by atoms with E-state index in [2.05, 4.69) is 43.0 Å². The molecule has 0 radical (unpaired) electrons. The van der Waals surface area contributed by atoms with Gasteiger partial charge in [0.25, 0.3) is 11.8 Å². The van der Waals surface area contributed by atoms with Gasteiger partial charge in [0.05, 0.1) is 13.2 Å². The zero-order chi connectivity index (χ0) is 20.4. The number of nitrogens with zero attached hydrogens (tertiary/aromatic N) is 3. The van der Waals surface area contributed by atoms with Crippen LogP contribution in [-0.4, -0.2) is 47.3 Å². The Kier molecular flexibility index (Phi) is 5.20. The normalized spacial score (nSPS) is 14.8. The van der Waals surface area contributed by atoms with Crippen LogP contribution in [0.1, 0.15) is 36.7 Å². The van der Waals surface area contributed by atoms with Crippen molar-refractivity contribution in [1.29, 1.82) is 0 Å². The van der Waals surface area contributed by atoms with E-state index in [-0.39, 0.29) is 11.3 Å². The number of benzene rings is 2. The summed E-state index contributed by atoms with van der Waals surface area (Å²) < 4.78 is 10.8. The SMILES string of the molecule is CC(C)(C)c1ccc(-c2nc(-c3cccc(C(=O)N4CCOCC4)c3)no2)cc1. The van der Waals surface area contributed by atoms with Crippen molar-refractivity contribution in [1.82, 2.24) is 15.0 Å². The molecule has 0 spiro atoms. The van der Waals surface area contributed by atoms with E-state index in [4.69, 9.17) is 9.26 Å². The zero-order valence-corrected chi connectivity index (χ0v) is 17.0. The van der Waals surface area contributed by atoms with Crippen molar-refractivity contribution >= 4 is 5.91 Å². The van der Waals surface area contributed by atoms with Gasteiger partial charge in [-0.05, 0) is 35.2 Å². The first-order valence-electron chi connectivity index (χ1n) is 9.84. The van der Waals surface area contributed by atoms with Crippen molar-refractivity contribution in [3.63, 3.8) is 0 Å². The minimum atomic E-state index is -0.00311. The smallest absolute Gasteiger partial charge is 0.258 e. The van der Waals surface area contributed by atoms with Gasteiger partial charge in [0.15, 0.2) is 0 Å². The van der Waals surface area contributed by atoms with E-state index in [1.807, 2.05) is 36.4 Å². The molecule has 0 N–H and O–H groups in total. The minimum Gasteiger partial charge on any atom is -0.378 e. The molecule has 150 valence electrons. The lowest BCUT2D eigenvalue weighted by Crippen LogP contribution is -2.40. The molecule has 1 aromatic heterocycles. The summed E-state index contributed by atoms with van der Waals surface area (Å²) in [5, 5.41) is 4.12. The third-order valence-electron chi connectivity index (χ3n) is 5.09. The summed E-state index contributed by atoms with van der Waals surface area (Å²) in [6.07, 6.45) is 0. The van der Waals surface area contributed by atoms with Gasteiger partial charge in [-0.3, -0.25) is 4.79 Å². The molecule has 2 heterocycles. The van der Waals surface area contributed by atoms with Crippen LogP contribution in [0.5, 0.6) is 0 Å². The van der Waals surface area contributed by atoms with Gasteiger partial charge in [0, 0.05) is 29.8 Å². The van der Waals surface area contributed by atoms with Crippen molar-refractivity contribution in [3.8, 4) is 22.8 Å². The molecular weight excluding hydrogens is 366 g/mol. The summed E-state index contributed by atoms with van der Waals surface area (Å²) in [4.78, 5) is 19.1. The van der Waals surface area contributed by atoms with Gasteiger partial charge >= 0.3 is 0 Å². The Morgan fingerprint density at radius 1 is 1.00 bits per heavy atom. The number of morpholine rings is 1. The van der Waals surface area contributed by atoms with Crippen molar-refractivity contribution < 1.29 is 14.1 Å². The highest BCUT2D eigenvalue weighted by Gasteiger charge is 2.20. The first-order chi connectivity index (χ1) is 13.9. The number of hydrogen-bond donors (Lipinski definition) is 0. The second kappa shape index (κ2) is 7.79. The van der Waals surface area contributed by atoms with Crippen LogP contribution < -0.4 is 0 Å². The summed E-state index contributed by atoms with van der Waals surface area (Å²) in [6.45, 7) is 8.91. The Morgan fingerprint density at radius 2 is 1.72 bits per heavy atom. The predicted octanol–water partition coefficient (Wildman–Crippen LogP) is 4.17. The fraction of sp³-hybridized carbons (Fsp3) is 0.348. The van der Waals surface area contributed by atoms with Crippen LogP contribution in [0.3, 0.4) is 0 Å². The maximum absolute atomic E-state index is 12.7. The quantitative estimate of drug-likeness (QED) is 0.670. The maximum Gasteiger partial charge on any atom is 0.258 e. The van der Waals surface area contributed by atoms with Gasteiger partial charge in [-0.2, -0.15) is 4.98 Å². The molecular formula is C23H25N3O3. The van der Waals surface area contributed by atoms with E-state index in [0.717, 1.165) is 11.1 Å². The summed E-state index contributed by atoms with van der Waals surface area (Å²) in [6, 6.07) is 15.5. The molecule has 1 aliphatic heterocycles. The van der Waals surface area contributed by atoms with Crippen molar-refractivity contribution in [2.45, 2.75) is 26.2 Å². The third-order valence-corrected chi connectivity index (χ3v) is 5.09. The Hall–Kier alpha value is -2.99. The highest BCUT2D eigenvalue weighted by Crippen LogP contribution is 2.27. The van der Waals surface area contributed by atoms with Crippen LogP contribution in [0.15, 0.2) is 53.1 Å². The average Bonchev–Trinajstić information content (AvgIpc) is 3.24. The Morgan fingerprint density at radius 3 is 2.41 bits per heavy atom. The van der Waals surface area contributed by atoms with Gasteiger partial charge in [-0.15, -0.1) is 0 Å². The molecule has 3 aromatic rings. The molecule has 0 aliphatic carbocycles. The zero-order valence-electron chi connectivity index (χ0n) is 17.0. The molecule has 0 bridgehead atoms. The monoisotopic (exact) mass is 391 g/mol. The number of aromatic nitrogens is 2. The van der Waals surface area contributed by atoms with Crippen LogP contribution >= 0.6 is 0 Å². The first-order valence-corrected chi connectivity index (χ1v) is 9.84. The van der Waals surface area contributed by atoms with Gasteiger partial charge < -0.3 is 14.2 Å². The Balaban J connectivity index is 1.56. The standard InChI is InChI=1S/C23H25N3O3/c1-23(2,3)19-9-7-16(8-10-19)21-24-20(25-29-21)17-5-4-6-18(15-17)22(27)26-11-13-28-14-12-26/h4-10,15H,11-14H2,1-3H3. The Bertz CT molecular complexity index is 997. The summed E-state index contributed by atoms with van der Waals surface area (Å²) >= 11 is 0. The lowest BCUT2D eigenvalue weighted by atomic mass is 9.87. The van der Waals surface area contributed by atoms with E-state index >= 15 is 0 Å². The topological polar surface area (TPSA) is 68.5 Å². The van der Waals surface area contributed by atoms with Gasteiger partial charge in [-0.25, -0.2) is 0 Å². The Labute approximate surface area is 170 Å². The third kappa shape index (κ3) is 4.22. The number of amides is 1. The van der Waals surface area contributed by atoms with Crippen molar-refractivity contribution in [2.75, 3.05) is 26.3 Å². The molecule has 1 saturated heterocycles. The summed E-state index contributed by atoms with van der Waals surface area (Å²) in [5.41, 5.74) is 3.58. The second-order valence-corrected chi connectivity index (χ2v) is 8.24. The fourth-order valence-electron chi connectivity index (χ4n) is 3.31. The lowest BCUT2D eigenvalue weighted by molar-refractivity contribution is 0.0303. The molecule has 6 heteroatoms. The van der Waals surface area contributed by atoms with Crippen LogP contribution in [0, 0.1) is 0 Å². The molecule has 1 amide bonds. The minimum absolute atomic E-state index is 0.00311. The fourth-order valence-corrected chi connectivity index (χ4v) is 3.31. The molecule has 0 atom stereocenters. The highest BCUT2D eigenvalue weighted by atomic mass is 16.5. The number of carbonyl (C=O) groups excluding carboxylic acids is 1. The first kappa shape index (κ1) is 19.3. The van der Waals surface area contributed by atoms with Gasteiger partial charge in [-0.1, -0.05) is 50.2 Å². The van der Waals surface area contributed by atoms with Crippen LogP contribution in [0.2, 0.25) is 0 Å². The van der Waals surface area contributed by atoms with Crippen LogP contribution in [0.25, 0.3) is 22.8 Å². The number of carbonyl (C=O) groups is 1. The number of hydrogen-bond acceptors (Lipinski definition) is 5. The number of ether oxygens (including phenoxy) is 1. The summed E-state index contributed by atoms with van der Waals surface area (Å²) in [5.74, 6) is 0.929. The molecule has 29 heavy (non-hydrogen) atoms. The van der Waals surface area contributed by atoms with E-state index in [0.29, 0.717) is 43.6 Å². The molecule has 0 unspecified atom stereocenters. The van der Waals surface area contributed by atoms with E-state index in [9.17, 15) is 4.79 Å². The van der Waals surface area contributed by atoms with Crippen LogP contribution in [-0.2, 0) is 10.2 Å². The lowest BCUT2D eigenvalue weighted by Gasteiger charge is -2.26. The van der Waals surface area contributed by atoms with Crippen molar-refractivity contribution in [2.24, 2.45) is 0 Å². The molecule has 1 fully saturated rings. The molecule has 6 nitrogen and oxygen atoms in total. The molecule has 4 rings (SSSR count). The highest BCUT2D eigenvalue weighted by molar-refractivity contribution is 5.95. The largest absolute Gasteiger partial charge is 0.378 e. The van der Waals surface area contributed by atoms with Gasteiger partial charge in [0.2, 0.25) is 5.82 Å². The number of rotatable bonds is 3. The van der Waals surface area contributed by atoms with Gasteiger partial charge in [0.1, 0.15) is 0 Å². The maximum atomic E-state index is 12.7. The van der Waals surface area contributed by atoms with Crippen LogP contribution in [0.4, 0.5) is 0 Å². The van der Waals surface area contributed by atoms with E-state index < -0.39 is 0 Å². The van der Waals surface area contributed by atoms with E-state index in [1.54, 1.807) is 4.90 Å². The molecule has 0 saturated carbocycles. The average molecular weight is 391 g/mol. The second-order valence-electron chi connectivity index (χ2n) is 8.24.